The molecule has 444 valence electrons. The van der Waals surface area contributed by atoms with Gasteiger partial charge in [0.1, 0.15) is 17.6 Å². The van der Waals surface area contributed by atoms with Crippen LogP contribution in [0.2, 0.25) is 0 Å². The van der Waals surface area contributed by atoms with Crippen LogP contribution in [0, 0.1) is 47.3 Å². The zero-order valence-corrected chi connectivity index (χ0v) is 53.6. The van der Waals surface area contributed by atoms with Crippen molar-refractivity contribution < 1.29 is 37.7 Å². The number of aryl methyl sites for hydroxylation is 1. The average Bonchev–Trinajstić information content (AvgIpc) is 3.61. The molecule has 0 radical (unpaired) electrons. The minimum atomic E-state index is -3.99. The minimum absolute atomic E-state index is 0.276. The molecule has 8 nitrogen and oxygen atoms in total. The second kappa shape index (κ2) is 33.5. The zero-order chi connectivity index (χ0) is 58.4. The highest BCUT2D eigenvalue weighted by atomic mass is 31.2. The van der Waals surface area contributed by atoms with Crippen LogP contribution in [0.15, 0.2) is 90.7 Å². The third-order valence-electron chi connectivity index (χ3n) is 17.0. The van der Waals surface area contributed by atoms with Gasteiger partial charge < -0.3 is 37.7 Å². The number of hydrogen-bond acceptors (Lipinski definition) is 8. The fourth-order valence-corrected chi connectivity index (χ4v) is 12.0. The predicted molar refractivity (Wildman–Crippen MR) is 339 cm³/mol. The van der Waals surface area contributed by atoms with Gasteiger partial charge in [-0.05, 0) is 130 Å². The zero-order valence-electron chi connectivity index (χ0n) is 52.7. The van der Waals surface area contributed by atoms with E-state index in [-0.39, 0.29) is 12.0 Å². The molecule has 4 aromatic rings. The number of hydrogen-bond donors (Lipinski definition) is 0. The van der Waals surface area contributed by atoms with Crippen molar-refractivity contribution in [3.05, 3.63) is 102 Å². The van der Waals surface area contributed by atoms with Crippen molar-refractivity contribution in [1.82, 2.24) is 0 Å². The van der Waals surface area contributed by atoms with Gasteiger partial charge in [0.15, 0.2) is 30.1 Å². The summed E-state index contributed by atoms with van der Waals surface area (Å²) >= 11 is 0. The molecule has 1 aliphatic carbocycles. The topological polar surface area (TPSA) is 81.7 Å². The lowest BCUT2D eigenvalue weighted by molar-refractivity contribution is 0.0103. The SMILES string of the molecule is CCC(C)CCc1cc(-c2ccc(OCC(C)CC)c(OCC(C)CC)c2)c(P(=O)(c2ccccc2)c2cc(OCC(C)CC)c(OCC(C)CC)cc2C2=CC=C(OCC(C)CC)C(OCC(C)CC)C2)cc1OCC(C)CC. The number of allylic oxidation sites excluding steroid dienone is 2. The van der Waals surface area contributed by atoms with Gasteiger partial charge in [0, 0.05) is 22.3 Å². The van der Waals surface area contributed by atoms with Crippen molar-refractivity contribution in [3.8, 4) is 39.9 Å². The van der Waals surface area contributed by atoms with Crippen LogP contribution in [0.5, 0.6) is 28.7 Å². The third kappa shape index (κ3) is 18.7. The summed E-state index contributed by atoms with van der Waals surface area (Å²) in [7, 11) is -3.99. The van der Waals surface area contributed by atoms with Gasteiger partial charge in [-0.1, -0.05) is 205 Å². The molecular formula is C71H107O8P. The highest BCUT2D eigenvalue weighted by Gasteiger charge is 2.39. The summed E-state index contributed by atoms with van der Waals surface area (Å²) in [5, 5.41) is 2.07. The first-order chi connectivity index (χ1) is 38.5. The Hall–Kier alpha value is -4.65. The van der Waals surface area contributed by atoms with Crippen LogP contribution >= 0.6 is 7.14 Å². The lowest BCUT2D eigenvalue weighted by Gasteiger charge is -2.31. The van der Waals surface area contributed by atoms with Gasteiger partial charge in [0.2, 0.25) is 0 Å². The molecule has 0 saturated carbocycles. The van der Waals surface area contributed by atoms with Gasteiger partial charge in [-0.15, -0.1) is 0 Å². The van der Waals surface area contributed by atoms with Crippen LogP contribution in [-0.4, -0.2) is 52.4 Å². The fraction of sp³-hybridized carbons (Fsp3) is 0.606. The highest BCUT2D eigenvalue weighted by molar-refractivity contribution is 7.85. The first-order valence-electron chi connectivity index (χ1n) is 31.4. The summed E-state index contributed by atoms with van der Waals surface area (Å²) < 4.78 is 66.1. The smallest absolute Gasteiger partial charge is 0.172 e. The van der Waals surface area contributed by atoms with Gasteiger partial charge in [0.05, 0.1) is 46.2 Å². The first kappa shape index (κ1) is 66.2. The summed E-state index contributed by atoms with van der Waals surface area (Å²) in [6.07, 6.45) is 14.2. The van der Waals surface area contributed by atoms with Crippen LogP contribution < -0.4 is 39.6 Å². The fourth-order valence-electron chi connectivity index (χ4n) is 8.93. The van der Waals surface area contributed by atoms with Crippen LogP contribution in [0.25, 0.3) is 16.7 Å². The van der Waals surface area contributed by atoms with E-state index in [1.807, 2.05) is 30.3 Å². The molecule has 0 N–H and O–H groups in total. The lowest BCUT2D eigenvalue weighted by atomic mass is 9.93. The second-order valence-corrected chi connectivity index (χ2v) is 26.9. The summed E-state index contributed by atoms with van der Waals surface area (Å²) in [4.78, 5) is 0. The molecule has 1 aliphatic rings. The molecule has 0 aliphatic heterocycles. The molecule has 10 unspecified atom stereocenters. The largest absolute Gasteiger partial charge is 0.495 e. The molecule has 0 saturated heterocycles. The minimum Gasteiger partial charge on any atom is -0.495 e. The van der Waals surface area contributed by atoms with E-state index in [0.717, 1.165) is 104 Å². The Kier molecular flexibility index (Phi) is 27.7. The Morgan fingerprint density at radius 3 is 1.40 bits per heavy atom. The maximum atomic E-state index is 18.3. The monoisotopic (exact) mass is 1120 g/mol. The summed E-state index contributed by atoms with van der Waals surface area (Å²) in [5.74, 6) is 7.08. The van der Waals surface area contributed by atoms with E-state index in [9.17, 15) is 0 Å². The summed E-state index contributed by atoms with van der Waals surface area (Å²) in [6, 6.07) is 25.1. The van der Waals surface area contributed by atoms with Gasteiger partial charge >= 0.3 is 0 Å². The standard InChI is InChI=1S/C71H107O8P/c1-17-49(9)30-31-59-36-61(57-32-34-63(73-42-50(10)18-2)66(37-57)76-45-53(13)21-5)70(40-65(59)75-44-52(12)20-4)80(72,60-28-26-25-27-29-60)71-41-69(79-48-56(16)24-8)68(78-47-55(15)23-7)39-62(71)58-33-35-64(74-43-51(11)19-3)67(38-58)77-46-54(14)22-6/h25-29,32-37,39-41,49-56,67H,17-24,30-31,38,42-48H2,1-16H3. The second-order valence-electron chi connectivity index (χ2n) is 24.2. The Morgan fingerprint density at radius 1 is 0.438 bits per heavy atom. The molecule has 5 rings (SSSR count). The van der Waals surface area contributed by atoms with E-state index < -0.39 is 7.14 Å². The first-order valence-corrected chi connectivity index (χ1v) is 33.1. The van der Waals surface area contributed by atoms with Crippen LogP contribution in [0.3, 0.4) is 0 Å². The van der Waals surface area contributed by atoms with Crippen molar-refractivity contribution in [2.45, 2.75) is 188 Å². The maximum absolute atomic E-state index is 18.3. The van der Waals surface area contributed by atoms with Gasteiger partial charge in [-0.2, -0.15) is 0 Å². The van der Waals surface area contributed by atoms with Crippen molar-refractivity contribution in [2.75, 3.05) is 46.2 Å². The average molecular weight is 1120 g/mol. The Bertz CT molecular complexity index is 2580. The molecule has 0 aromatic heterocycles. The number of ether oxygens (including phenoxy) is 7. The van der Waals surface area contributed by atoms with Crippen LogP contribution in [-0.2, 0) is 20.5 Å². The Morgan fingerprint density at radius 2 is 0.875 bits per heavy atom. The molecule has 80 heavy (non-hydrogen) atoms. The lowest BCUT2D eigenvalue weighted by Crippen LogP contribution is -2.31. The molecule has 0 heterocycles. The molecule has 0 amide bonds. The number of benzene rings is 4. The molecule has 9 heteroatoms. The molecule has 0 bridgehead atoms. The van der Waals surface area contributed by atoms with E-state index in [4.69, 9.17) is 33.2 Å². The van der Waals surface area contributed by atoms with Crippen molar-refractivity contribution in [2.24, 2.45) is 47.3 Å². The molecular weight excluding hydrogens is 1010 g/mol. The van der Waals surface area contributed by atoms with Crippen molar-refractivity contribution in [1.29, 1.82) is 0 Å². The normalized spacial score (nSPS) is 17.4. The van der Waals surface area contributed by atoms with E-state index in [1.54, 1.807) is 0 Å². The quantitative estimate of drug-likeness (QED) is 0.0413. The summed E-state index contributed by atoms with van der Waals surface area (Å²) in [6.45, 7) is 39.4. The number of rotatable bonds is 37. The van der Waals surface area contributed by atoms with Crippen molar-refractivity contribution >= 4 is 28.6 Å². The molecule has 10 atom stereocenters. The Labute approximate surface area is 486 Å². The van der Waals surface area contributed by atoms with E-state index in [0.29, 0.717) is 133 Å². The van der Waals surface area contributed by atoms with Gasteiger partial charge in [0.25, 0.3) is 0 Å². The van der Waals surface area contributed by atoms with Crippen LogP contribution in [0.1, 0.15) is 186 Å². The van der Waals surface area contributed by atoms with E-state index >= 15 is 4.57 Å². The van der Waals surface area contributed by atoms with Crippen LogP contribution in [0.4, 0.5) is 0 Å². The highest BCUT2D eigenvalue weighted by Crippen LogP contribution is 2.52. The van der Waals surface area contributed by atoms with E-state index in [1.165, 1.54) is 0 Å². The molecule has 0 fully saturated rings. The van der Waals surface area contributed by atoms with E-state index in [2.05, 4.69) is 165 Å². The predicted octanol–water partition coefficient (Wildman–Crippen LogP) is 18.3. The molecule has 0 spiro atoms. The maximum Gasteiger partial charge on any atom is 0.172 e. The van der Waals surface area contributed by atoms with Crippen molar-refractivity contribution in [3.63, 3.8) is 0 Å². The third-order valence-corrected chi connectivity index (χ3v) is 20.1. The summed E-state index contributed by atoms with van der Waals surface area (Å²) in [5.41, 5.74) is 4.69. The van der Waals surface area contributed by atoms with Gasteiger partial charge in [-0.25, -0.2) is 0 Å². The molecule has 4 aromatic carbocycles. The van der Waals surface area contributed by atoms with Gasteiger partial charge in [-0.3, -0.25) is 0 Å². The Balaban J connectivity index is 1.99.